The lowest BCUT2D eigenvalue weighted by atomic mass is 9.67. The molecule has 0 radical (unpaired) electrons. The molecule has 0 saturated carbocycles. The number of hydrogen-bond donors (Lipinski definition) is 0. The highest BCUT2D eigenvalue weighted by Gasteiger charge is 2.46. The van der Waals surface area contributed by atoms with Gasteiger partial charge in [0.15, 0.2) is 5.82 Å². The van der Waals surface area contributed by atoms with Crippen molar-refractivity contribution in [2.75, 3.05) is 0 Å². The summed E-state index contributed by atoms with van der Waals surface area (Å²) in [7, 11) is 0. The Balaban J connectivity index is 1.04. The first-order valence-electron chi connectivity index (χ1n) is 22.5. The van der Waals surface area contributed by atoms with E-state index in [1.807, 2.05) is 17.4 Å². The van der Waals surface area contributed by atoms with Crippen LogP contribution in [0.2, 0.25) is 0 Å². The van der Waals surface area contributed by atoms with E-state index in [-0.39, 0.29) is 0 Å². The monoisotopic (exact) mass is 856 g/mol. The molecule has 2 aromatic heterocycles. The molecular formula is C63H40N2S. The molecule has 0 fully saturated rings. The summed E-state index contributed by atoms with van der Waals surface area (Å²) in [5, 5.41) is 5.03. The van der Waals surface area contributed by atoms with Crippen molar-refractivity contribution in [1.29, 1.82) is 0 Å². The third-order valence-corrected chi connectivity index (χ3v) is 14.7. The molecule has 0 N–H and O–H groups in total. The van der Waals surface area contributed by atoms with E-state index in [2.05, 4.69) is 237 Å². The van der Waals surface area contributed by atoms with Crippen molar-refractivity contribution in [2.45, 2.75) is 5.41 Å². The average molecular weight is 857 g/mol. The van der Waals surface area contributed by atoms with Crippen molar-refractivity contribution >= 4 is 42.3 Å². The van der Waals surface area contributed by atoms with Gasteiger partial charge in [-0.15, -0.1) is 11.3 Å². The van der Waals surface area contributed by atoms with Gasteiger partial charge in [-0.2, -0.15) is 0 Å². The second-order valence-corrected chi connectivity index (χ2v) is 18.4. The summed E-state index contributed by atoms with van der Waals surface area (Å²) in [5.74, 6) is 0.689. The normalized spacial score (nSPS) is 12.7. The lowest BCUT2D eigenvalue weighted by Crippen LogP contribution is -2.28. The second-order valence-electron chi connectivity index (χ2n) is 17.3. The lowest BCUT2D eigenvalue weighted by molar-refractivity contribution is 0.768. The Morgan fingerprint density at radius 1 is 0.303 bits per heavy atom. The van der Waals surface area contributed by atoms with Crippen LogP contribution in [-0.4, -0.2) is 9.97 Å². The molecular weight excluding hydrogens is 817 g/mol. The Morgan fingerprint density at radius 2 is 0.864 bits per heavy atom. The molecule has 66 heavy (non-hydrogen) atoms. The minimum Gasteiger partial charge on any atom is -0.228 e. The molecule has 0 aliphatic heterocycles. The predicted molar refractivity (Wildman–Crippen MR) is 277 cm³/mol. The van der Waals surface area contributed by atoms with Crippen LogP contribution in [0.4, 0.5) is 0 Å². The molecule has 3 heteroatoms. The molecule has 2 nitrogen and oxygen atoms in total. The Hall–Kier alpha value is -8.24. The van der Waals surface area contributed by atoms with Crippen LogP contribution in [0.25, 0.3) is 98.2 Å². The van der Waals surface area contributed by atoms with Crippen molar-refractivity contribution in [2.24, 2.45) is 0 Å². The summed E-state index contributed by atoms with van der Waals surface area (Å²) in [6, 6.07) is 88.4. The van der Waals surface area contributed by atoms with Gasteiger partial charge in [-0.1, -0.05) is 194 Å². The lowest BCUT2D eigenvalue weighted by Gasteiger charge is -2.34. The Kier molecular flexibility index (Phi) is 8.97. The zero-order valence-electron chi connectivity index (χ0n) is 35.9. The highest BCUT2D eigenvalue weighted by Crippen LogP contribution is 2.56. The zero-order valence-corrected chi connectivity index (χ0v) is 36.7. The van der Waals surface area contributed by atoms with Crippen LogP contribution >= 0.6 is 11.3 Å². The highest BCUT2D eigenvalue weighted by atomic mass is 32.1. The number of aromatic nitrogens is 2. The zero-order chi connectivity index (χ0) is 43.6. The summed E-state index contributed by atoms with van der Waals surface area (Å²) in [6.07, 6.45) is 0. The molecule has 1 aliphatic rings. The molecule has 0 spiro atoms. The number of fused-ring (bicyclic) bond motifs is 7. The van der Waals surface area contributed by atoms with Crippen LogP contribution in [0.3, 0.4) is 0 Å². The van der Waals surface area contributed by atoms with Gasteiger partial charge in [-0.05, 0) is 115 Å². The summed E-state index contributed by atoms with van der Waals surface area (Å²) in [4.78, 5) is 10.8. The molecule has 0 atom stereocenters. The first-order valence-corrected chi connectivity index (χ1v) is 23.4. The summed E-state index contributed by atoms with van der Waals surface area (Å²) >= 11 is 1.85. The van der Waals surface area contributed by atoms with Crippen LogP contribution in [0.5, 0.6) is 0 Å². The van der Waals surface area contributed by atoms with E-state index in [0.717, 1.165) is 44.8 Å². The fourth-order valence-corrected chi connectivity index (χ4v) is 11.6. The molecule has 0 bridgehead atoms. The van der Waals surface area contributed by atoms with Crippen molar-refractivity contribution in [3.63, 3.8) is 0 Å². The molecule has 308 valence electrons. The van der Waals surface area contributed by atoms with E-state index in [9.17, 15) is 0 Å². The van der Waals surface area contributed by atoms with Gasteiger partial charge in [0.05, 0.1) is 16.8 Å². The summed E-state index contributed by atoms with van der Waals surface area (Å²) in [5.41, 5.74) is 16.4. The van der Waals surface area contributed by atoms with Crippen molar-refractivity contribution in [3.8, 4) is 67.3 Å². The Morgan fingerprint density at radius 3 is 1.64 bits per heavy atom. The maximum atomic E-state index is 5.42. The fraction of sp³-hybridized carbons (Fsp3) is 0.0159. The van der Waals surface area contributed by atoms with E-state index in [4.69, 9.17) is 9.97 Å². The highest BCUT2D eigenvalue weighted by molar-refractivity contribution is 7.25. The molecule has 12 aromatic rings. The van der Waals surface area contributed by atoms with Gasteiger partial charge < -0.3 is 0 Å². The maximum absolute atomic E-state index is 5.42. The minimum absolute atomic E-state index is 0.527. The predicted octanol–water partition coefficient (Wildman–Crippen LogP) is 16.7. The maximum Gasteiger partial charge on any atom is 0.160 e. The molecule has 0 saturated heterocycles. The number of thiophene rings is 1. The van der Waals surface area contributed by atoms with Gasteiger partial charge in [0, 0.05) is 36.9 Å². The van der Waals surface area contributed by atoms with Crippen LogP contribution in [0.1, 0.15) is 22.3 Å². The minimum atomic E-state index is -0.527. The molecule has 0 unspecified atom stereocenters. The second kappa shape index (κ2) is 15.5. The molecule has 0 amide bonds. The first-order chi connectivity index (χ1) is 32.7. The van der Waals surface area contributed by atoms with Crippen LogP contribution < -0.4 is 0 Å². The van der Waals surface area contributed by atoms with Gasteiger partial charge in [0.2, 0.25) is 0 Å². The van der Waals surface area contributed by atoms with Crippen molar-refractivity contribution in [3.05, 3.63) is 265 Å². The SMILES string of the molecule is c1ccc(-c2nc(-c3cc(-c4ccc5ccccc5c4)cc(-c4ccc5c(c4)sc4ccccc45)c3)cc(-c3ccc4c(c3)C(c3ccccc3)(c3ccccc3)c3ccccc3-4)n2)cc1. The number of nitrogens with zero attached hydrogens (tertiary/aromatic N) is 2. The third kappa shape index (κ3) is 6.23. The van der Waals surface area contributed by atoms with Gasteiger partial charge in [0.25, 0.3) is 0 Å². The Labute approximate surface area is 387 Å². The van der Waals surface area contributed by atoms with E-state index < -0.39 is 5.41 Å². The van der Waals surface area contributed by atoms with Gasteiger partial charge >= 0.3 is 0 Å². The molecule has 2 heterocycles. The quantitative estimate of drug-likeness (QED) is 0.160. The smallest absolute Gasteiger partial charge is 0.160 e. The first kappa shape index (κ1) is 38.2. The topological polar surface area (TPSA) is 25.8 Å². The third-order valence-electron chi connectivity index (χ3n) is 13.5. The summed E-state index contributed by atoms with van der Waals surface area (Å²) in [6.45, 7) is 0. The number of hydrogen-bond acceptors (Lipinski definition) is 3. The van der Waals surface area contributed by atoms with E-state index in [1.54, 1.807) is 0 Å². The average Bonchev–Trinajstić information content (AvgIpc) is 3.92. The largest absolute Gasteiger partial charge is 0.228 e. The molecule has 13 rings (SSSR count). The summed E-state index contributed by atoms with van der Waals surface area (Å²) < 4.78 is 2.58. The van der Waals surface area contributed by atoms with Crippen LogP contribution in [-0.2, 0) is 5.41 Å². The number of rotatable bonds is 7. The fourth-order valence-electron chi connectivity index (χ4n) is 10.4. The number of benzene rings is 10. The van der Waals surface area contributed by atoms with Crippen molar-refractivity contribution < 1.29 is 0 Å². The van der Waals surface area contributed by atoms with Crippen LogP contribution in [0, 0.1) is 0 Å². The van der Waals surface area contributed by atoms with Crippen molar-refractivity contribution in [1.82, 2.24) is 9.97 Å². The van der Waals surface area contributed by atoms with Gasteiger partial charge in [0.1, 0.15) is 0 Å². The standard InChI is InChI=1S/C63H40N2S/c1-4-17-42(18-5-1)62-64-58(46-31-32-53-52-24-12-14-26-56(52)63(57(53)38-46,50-20-6-2-7-21-50)51-22-8-3-9-23-51)40-59(65-62)49-36-47(44-29-28-41-16-10-11-19-43(41)34-44)35-48(37-49)45-30-33-55-54-25-13-15-27-60(54)66-61(55)39-45/h1-40H. The molecule has 1 aliphatic carbocycles. The van der Waals surface area contributed by atoms with E-state index >= 15 is 0 Å². The van der Waals surface area contributed by atoms with Gasteiger partial charge in [-0.3, -0.25) is 0 Å². The van der Waals surface area contributed by atoms with E-state index in [0.29, 0.717) is 5.82 Å². The van der Waals surface area contributed by atoms with Crippen LogP contribution in [0.15, 0.2) is 243 Å². The molecule has 10 aromatic carbocycles. The van der Waals surface area contributed by atoms with Gasteiger partial charge in [-0.25, -0.2) is 9.97 Å². The van der Waals surface area contributed by atoms with E-state index in [1.165, 1.54) is 69.9 Å². The Bertz CT molecular complexity index is 3780.